The summed E-state index contributed by atoms with van der Waals surface area (Å²) in [7, 11) is -10.3. The Labute approximate surface area is 437 Å². The summed E-state index contributed by atoms with van der Waals surface area (Å²) in [6.07, 6.45) is -0.458. The smallest absolute Gasteiger partial charge is 0.470 e. The Morgan fingerprint density at radius 3 is 2.13 bits per heavy atom. The van der Waals surface area contributed by atoms with Crippen LogP contribution < -0.4 is 32.1 Å². The van der Waals surface area contributed by atoms with Gasteiger partial charge >= 0.3 is 33.5 Å². The third-order valence-corrected chi connectivity index (χ3v) is 14.4. The predicted octanol–water partition coefficient (Wildman–Crippen LogP) is 1.79. The first-order valence-electron chi connectivity index (χ1n) is 24.7. The number of thioether (sulfide) groups is 1. The Bertz CT molecular complexity index is 2270. The first-order valence-corrected chi connectivity index (χ1v) is 28.8. The van der Waals surface area contributed by atoms with Gasteiger partial charge in [-0.15, -0.1) is 0 Å². The molecule has 4 heterocycles. The van der Waals surface area contributed by atoms with Crippen molar-refractivity contribution < 1.29 is 95.2 Å². The summed E-state index contributed by atoms with van der Waals surface area (Å²) in [4.78, 5) is 101. The number of aromatic nitrogens is 2. The zero-order valence-electron chi connectivity index (χ0n) is 41.4. The predicted molar refractivity (Wildman–Crippen MR) is 267 cm³/mol. The van der Waals surface area contributed by atoms with E-state index in [9.17, 15) is 48.0 Å². The van der Waals surface area contributed by atoms with Gasteiger partial charge in [0.05, 0.1) is 71.5 Å². The highest BCUT2D eigenvalue weighted by Crippen LogP contribution is 2.45. The van der Waals surface area contributed by atoms with E-state index in [-0.39, 0.29) is 80.1 Å². The Balaban J connectivity index is 0.807. The van der Waals surface area contributed by atoms with Gasteiger partial charge in [-0.05, 0) is 56.2 Å². The molecule has 75 heavy (non-hydrogen) atoms. The van der Waals surface area contributed by atoms with E-state index in [1.54, 1.807) is 24.3 Å². The first-order chi connectivity index (χ1) is 35.8. The van der Waals surface area contributed by atoms with Gasteiger partial charge in [-0.2, -0.15) is 16.7 Å². The number of aryl methyl sites for hydroxylation is 1. The lowest BCUT2D eigenvalue weighted by molar-refractivity contribution is -0.121. The number of benzene rings is 1. The van der Waals surface area contributed by atoms with Crippen molar-refractivity contribution in [2.24, 2.45) is 0 Å². The summed E-state index contributed by atoms with van der Waals surface area (Å²) in [6.45, 7) is 2.63. The summed E-state index contributed by atoms with van der Waals surface area (Å²) >= 11 is 1.89. The highest BCUT2D eigenvalue weighted by Gasteiger charge is 2.49. The van der Waals surface area contributed by atoms with Crippen LogP contribution in [-0.2, 0) is 69.2 Å². The van der Waals surface area contributed by atoms with Crippen LogP contribution in [0.15, 0.2) is 35.3 Å². The number of alkyl carbamates (subject to hydrolysis) is 1. The fourth-order valence-electron chi connectivity index (χ4n) is 8.13. The molecular weight excluding hydrogens is 1050 g/mol. The van der Waals surface area contributed by atoms with Gasteiger partial charge in [0.15, 0.2) is 6.23 Å². The van der Waals surface area contributed by atoms with Crippen LogP contribution in [0.1, 0.15) is 81.6 Å². The average Bonchev–Trinajstić information content (AvgIpc) is 4.01. The summed E-state index contributed by atoms with van der Waals surface area (Å²) in [5, 5.41) is 19.7. The van der Waals surface area contributed by atoms with Crippen LogP contribution in [0.5, 0.6) is 5.75 Å². The van der Waals surface area contributed by atoms with E-state index in [2.05, 4.69) is 30.0 Å². The minimum absolute atomic E-state index is 0.0443. The summed E-state index contributed by atoms with van der Waals surface area (Å²) in [5.74, 6) is 1.65. The number of nitrogens with two attached hydrogens (primary N) is 1. The van der Waals surface area contributed by atoms with Crippen LogP contribution in [0.2, 0.25) is 0 Å². The van der Waals surface area contributed by atoms with Crippen molar-refractivity contribution in [3.05, 3.63) is 52.1 Å². The number of hydrogen-bond acceptors (Lipinski definition) is 20. The van der Waals surface area contributed by atoms with Gasteiger partial charge in [-0.1, -0.05) is 18.6 Å². The Morgan fingerprint density at radius 2 is 1.45 bits per heavy atom. The molecule has 10 N–H and O–H groups in total. The van der Waals surface area contributed by atoms with Gasteiger partial charge in [-0.3, -0.25) is 23.2 Å². The first kappa shape index (κ1) is 61.8. The van der Waals surface area contributed by atoms with Crippen LogP contribution in [0, 0.1) is 0 Å². The van der Waals surface area contributed by atoms with E-state index < -0.39 is 58.6 Å². The van der Waals surface area contributed by atoms with E-state index in [1.807, 2.05) is 11.8 Å². The second kappa shape index (κ2) is 32.0. The molecule has 3 amide bonds. The highest BCUT2D eigenvalue weighted by molar-refractivity contribution is 8.00. The van der Waals surface area contributed by atoms with Crippen LogP contribution >= 0.6 is 27.4 Å². The number of rotatable bonds is 38. The number of carbonyl (C=O) groups is 4. The molecule has 0 bridgehead atoms. The van der Waals surface area contributed by atoms with E-state index in [0.717, 1.165) is 29.6 Å². The number of nitrogen functional groups attached to an aromatic ring is 1. The number of carbonyl (C=O) groups excluding carboxylic acids is 4. The minimum Gasteiger partial charge on any atom is -0.494 e. The molecular formula is C45H70N6O21P2S. The number of phosphoric ester groups is 2. The van der Waals surface area contributed by atoms with Gasteiger partial charge < -0.3 is 79.5 Å². The fraction of sp³-hybridized carbons (Fsp3) is 0.689. The molecule has 3 aliphatic rings. The molecule has 1 aromatic heterocycles. The number of ketones is 2. The number of nitrogens with zero attached hydrogens (tertiary/aromatic N) is 2. The zero-order valence-corrected chi connectivity index (χ0v) is 44.0. The molecule has 7 atom stereocenters. The van der Waals surface area contributed by atoms with E-state index in [0.29, 0.717) is 102 Å². The molecule has 0 radical (unpaired) electrons. The lowest BCUT2D eigenvalue weighted by Gasteiger charge is -2.21. The number of fused-ring (bicyclic) bond motifs is 1. The van der Waals surface area contributed by atoms with Crippen molar-refractivity contribution in [2.75, 3.05) is 84.1 Å². The largest absolute Gasteiger partial charge is 0.494 e. The SMILES string of the molecule is Nc1nc(=O)n([C@@H]2O[C@H](COP(=O)(O)O)C(OP(=O)(O)O)[C@@H]2O)cc1CCCNC(=O)OCc1ccc(OCCCC(=O)CCOCCOCCOCCOCCCC(=O)CCCC[C@@H]2SC[C@@H]3NC(=O)N[C@@H]32)cc1. The Morgan fingerprint density at radius 1 is 0.813 bits per heavy atom. The van der Waals surface area contributed by atoms with Crippen LogP contribution in [-0.4, -0.2) is 172 Å². The second-order valence-electron chi connectivity index (χ2n) is 17.7. The van der Waals surface area contributed by atoms with Crippen molar-refractivity contribution >= 4 is 56.9 Å². The van der Waals surface area contributed by atoms with Crippen LogP contribution in [0.3, 0.4) is 0 Å². The molecule has 27 nitrogen and oxygen atoms in total. The lowest BCUT2D eigenvalue weighted by atomic mass is 10.0. The number of hydrogen-bond donors (Lipinski definition) is 9. The van der Waals surface area contributed by atoms with Crippen molar-refractivity contribution in [3.63, 3.8) is 0 Å². The number of aliphatic hydroxyl groups excluding tert-OH is 1. The van der Waals surface area contributed by atoms with Crippen molar-refractivity contribution in [1.82, 2.24) is 25.5 Å². The van der Waals surface area contributed by atoms with Crippen LogP contribution in [0.4, 0.5) is 15.4 Å². The molecule has 422 valence electrons. The molecule has 5 rings (SSSR count). The second-order valence-corrected chi connectivity index (χ2v) is 21.4. The van der Waals surface area contributed by atoms with E-state index >= 15 is 0 Å². The monoisotopic (exact) mass is 1120 g/mol. The Kier molecular flexibility index (Phi) is 26.3. The van der Waals surface area contributed by atoms with Gasteiger partial charge in [-0.25, -0.2) is 23.5 Å². The number of amides is 3. The lowest BCUT2D eigenvalue weighted by Crippen LogP contribution is -2.38. The van der Waals surface area contributed by atoms with Gasteiger partial charge in [0.25, 0.3) is 0 Å². The maximum atomic E-state index is 12.7. The molecule has 0 saturated carbocycles. The van der Waals surface area contributed by atoms with Crippen molar-refractivity contribution in [1.29, 1.82) is 0 Å². The number of aliphatic hydroxyl groups is 1. The number of urea groups is 1. The zero-order chi connectivity index (χ0) is 54.2. The number of anilines is 1. The van der Waals surface area contributed by atoms with Crippen molar-refractivity contribution in [2.45, 2.75) is 119 Å². The average molecular weight is 1130 g/mol. The number of phosphoric acid groups is 2. The molecule has 0 aliphatic carbocycles. The number of unbranched alkanes of at least 4 members (excludes halogenated alkanes) is 1. The van der Waals surface area contributed by atoms with Crippen molar-refractivity contribution in [3.8, 4) is 5.75 Å². The van der Waals surface area contributed by atoms with E-state index in [1.165, 1.54) is 6.20 Å². The molecule has 2 aromatic rings. The molecule has 3 saturated heterocycles. The van der Waals surface area contributed by atoms with Crippen LogP contribution in [0.25, 0.3) is 0 Å². The quantitative estimate of drug-likeness (QED) is 0.0263. The maximum absolute atomic E-state index is 12.7. The molecule has 1 aromatic carbocycles. The molecule has 3 aliphatic heterocycles. The standard InChI is InChI=1S/C45H70N6O21P2S/c46-41-31(26-51(44(56)50-41)42-39(54)40(72-74(61,62)63)36(71-42)28-70-73(58,59)60)6-3-16-47-45(57)69-27-30-11-13-34(14-12-30)68-18-5-9-33(53)15-19-65-21-23-67-25-24-66-22-20-64-17-4-8-32(52)7-1-2-10-37-38-35(29-75-37)48-43(55)49-38/h11-14,26,35-40,42,54H,1-10,15-25,27-29H2,(H,47,57)(H2,46,50,56)(H2,48,49,55)(H2,58,59,60)(H2,61,62,63)/t35-,36+,37-,38-,39-,40?,42+/m0/s1. The van der Waals surface area contributed by atoms with E-state index in [4.69, 9.17) is 48.7 Å². The number of ether oxygens (including phenoxy) is 7. The highest BCUT2D eigenvalue weighted by atomic mass is 32.2. The van der Waals surface area contributed by atoms with Gasteiger partial charge in [0, 0.05) is 61.6 Å². The number of Topliss-reactive ketones (excluding diaryl/α,β-unsaturated/α-hetero) is 2. The molecule has 0 spiro atoms. The number of nitrogens with one attached hydrogen (secondary N) is 3. The normalized spacial score (nSPS) is 21.4. The third-order valence-electron chi connectivity index (χ3n) is 11.9. The van der Waals surface area contributed by atoms with Gasteiger partial charge in [0.1, 0.15) is 48.1 Å². The molecule has 30 heteroatoms. The topological polar surface area (TPSA) is 384 Å². The third kappa shape index (κ3) is 23.2. The molecule has 3 fully saturated rings. The summed E-state index contributed by atoms with van der Waals surface area (Å²) < 4.78 is 71.1. The minimum atomic E-state index is -5.26. The summed E-state index contributed by atoms with van der Waals surface area (Å²) in [5.41, 5.74) is 5.86. The fourth-order valence-corrected chi connectivity index (χ4v) is 10.6. The maximum Gasteiger partial charge on any atom is 0.470 e. The molecule has 1 unspecified atom stereocenters. The Hall–Kier alpha value is -4.09. The van der Waals surface area contributed by atoms with Gasteiger partial charge in [0.2, 0.25) is 0 Å². The summed E-state index contributed by atoms with van der Waals surface area (Å²) in [6, 6.07) is 7.23.